The van der Waals surface area contributed by atoms with Crippen LogP contribution in [0.3, 0.4) is 0 Å². The van der Waals surface area contributed by atoms with E-state index in [0.717, 1.165) is 17.8 Å². The largest absolute Gasteiger partial charge is 0.492 e. The van der Waals surface area contributed by atoms with Crippen LogP contribution >= 0.6 is 23.2 Å². The van der Waals surface area contributed by atoms with Crippen LogP contribution in [0.5, 0.6) is 5.75 Å². The van der Waals surface area contributed by atoms with Crippen molar-refractivity contribution >= 4 is 29.1 Å². The first-order valence-corrected chi connectivity index (χ1v) is 9.27. The Morgan fingerprint density at radius 1 is 1.32 bits per heavy atom. The Hall–Kier alpha value is -1.52. The second-order valence-corrected chi connectivity index (χ2v) is 7.07. The molecule has 1 aromatic heterocycles. The van der Waals surface area contributed by atoms with Crippen molar-refractivity contribution in [2.24, 2.45) is 0 Å². The Bertz CT molecular complexity index is 756. The number of benzene rings is 1. The predicted molar refractivity (Wildman–Crippen MR) is 102 cm³/mol. The molecule has 0 aliphatic rings. The van der Waals surface area contributed by atoms with E-state index in [1.165, 1.54) is 10.2 Å². The van der Waals surface area contributed by atoms with Crippen molar-refractivity contribution in [2.75, 3.05) is 6.61 Å². The summed E-state index contributed by atoms with van der Waals surface area (Å²) in [5.41, 5.74) is 3.06. The van der Waals surface area contributed by atoms with E-state index in [2.05, 4.69) is 18.9 Å². The number of nitrogens with zero attached hydrogens (tertiary/aromatic N) is 2. The lowest BCUT2D eigenvalue weighted by atomic mass is 9.97. The SMILES string of the molecule is CCC(C)c1c(C)nn(C(=O)CCCOc2ccc(Cl)cc2Cl)c1C. The van der Waals surface area contributed by atoms with E-state index in [-0.39, 0.29) is 5.91 Å². The van der Waals surface area contributed by atoms with Crippen LogP contribution < -0.4 is 4.74 Å². The van der Waals surface area contributed by atoms with Gasteiger partial charge in [0.1, 0.15) is 5.75 Å². The molecule has 0 fully saturated rings. The second kappa shape index (κ2) is 8.72. The minimum Gasteiger partial charge on any atom is -0.492 e. The van der Waals surface area contributed by atoms with Crippen LogP contribution in [0.4, 0.5) is 0 Å². The van der Waals surface area contributed by atoms with Gasteiger partial charge < -0.3 is 4.74 Å². The lowest BCUT2D eigenvalue weighted by Crippen LogP contribution is -2.15. The minimum absolute atomic E-state index is 0.0130. The van der Waals surface area contributed by atoms with Gasteiger partial charge in [0.25, 0.3) is 0 Å². The molecule has 6 heteroatoms. The van der Waals surface area contributed by atoms with Crippen LogP contribution in [0.2, 0.25) is 10.0 Å². The summed E-state index contributed by atoms with van der Waals surface area (Å²) in [6, 6.07) is 5.09. The van der Waals surface area contributed by atoms with Gasteiger partial charge in [0.15, 0.2) is 0 Å². The first-order chi connectivity index (χ1) is 11.8. The van der Waals surface area contributed by atoms with Crippen LogP contribution in [-0.2, 0) is 0 Å². The molecule has 0 bridgehead atoms. The van der Waals surface area contributed by atoms with E-state index in [9.17, 15) is 4.79 Å². The van der Waals surface area contributed by atoms with E-state index in [1.54, 1.807) is 18.2 Å². The number of carbonyl (C=O) groups excluding carboxylic acids is 1. The molecule has 25 heavy (non-hydrogen) atoms. The summed E-state index contributed by atoms with van der Waals surface area (Å²) in [6.07, 6.45) is 1.99. The lowest BCUT2D eigenvalue weighted by molar-refractivity contribution is 0.0874. The molecule has 1 unspecified atom stereocenters. The van der Waals surface area contributed by atoms with Gasteiger partial charge in [-0.2, -0.15) is 5.10 Å². The molecule has 1 aromatic carbocycles. The van der Waals surface area contributed by atoms with Gasteiger partial charge >= 0.3 is 0 Å². The molecule has 0 amide bonds. The van der Waals surface area contributed by atoms with Crippen molar-refractivity contribution in [3.63, 3.8) is 0 Å². The number of aryl methyl sites for hydroxylation is 1. The highest BCUT2D eigenvalue weighted by Crippen LogP contribution is 2.28. The van der Waals surface area contributed by atoms with Gasteiger partial charge in [0, 0.05) is 17.1 Å². The fraction of sp³-hybridized carbons (Fsp3) is 0.474. The predicted octanol–water partition coefficient (Wildman–Crippen LogP) is 5.82. The number of halogens is 2. The molecular formula is C19H24Cl2N2O2. The fourth-order valence-electron chi connectivity index (χ4n) is 2.92. The van der Waals surface area contributed by atoms with E-state index in [1.807, 2.05) is 13.8 Å². The maximum atomic E-state index is 12.5. The third kappa shape index (κ3) is 4.77. The number of ether oxygens (including phenoxy) is 1. The van der Waals surface area contributed by atoms with E-state index >= 15 is 0 Å². The fourth-order valence-corrected chi connectivity index (χ4v) is 3.38. The zero-order valence-corrected chi connectivity index (χ0v) is 16.6. The first-order valence-electron chi connectivity index (χ1n) is 8.52. The molecule has 0 saturated heterocycles. The summed E-state index contributed by atoms with van der Waals surface area (Å²) in [4.78, 5) is 12.5. The highest BCUT2D eigenvalue weighted by Gasteiger charge is 2.19. The molecule has 2 rings (SSSR count). The molecule has 0 saturated carbocycles. The third-order valence-corrected chi connectivity index (χ3v) is 4.91. The molecule has 0 aliphatic carbocycles. The van der Waals surface area contributed by atoms with Gasteiger partial charge in [0.05, 0.1) is 17.3 Å². The number of hydrogen-bond acceptors (Lipinski definition) is 3. The second-order valence-electron chi connectivity index (χ2n) is 6.23. The van der Waals surface area contributed by atoms with Crippen LogP contribution in [-0.4, -0.2) is 22.3 Å². The van der Waals surface area contributed by atoms with Gasteiger partial charge in [0.2, 0.25) is 5.91 Å². The van der Waals surface area contributed by atoms with Crippen LogP contribution in [0.25, 0.3) is 0 Å². The van der Waals surface area contributed by atoms with Gasteiger partial charge in [-0.05, 0) is 56.4 Å². The monoisotopic (exact) mass is 382 g/mol. The highest BCUT2D eigenvalue weighted by atomic mass is 35.5. The van der Waals surface area contributed by atoms with E-state index in [4.69, 9.17) is 27.9 Å². The Morgan fingerprint density at radius 3 is 2.68 bits per heavy atom. The van der Waals surface area contributed by atoms with E-state index < -0.39 is 0 Å². The molecule has 136 valence electrons. The Labute approximate surface area is 159 Å². The van der Waals surface area contributed by atoms with Crippen LogP contribution in [0.15, 0.2) is 18.2 Å². The molecular weight excluding hydrogens is 359 g/mol. The number of carbonyl (C=O) groups is 1. The summed E-state index contributed by atoms with van der Waals surface area (Å²) in [5, 5.41) is 5.46. The summed E-state index contributed by atoms with van der Waals surface area (Å²) in [5.74, 6) is 0.960. The Balaban J connectivity index is 1.92. The van der Waals surface area contributed by atoms with Crippen molar-refractivity contribution in [3.05, 3.63) is 45.2 Å². The molecule has 4 nitrogen and oxygen atoms in total. The van der Waals surface area contributed by atoms with Gasteiger partial charge in [-0.15, -0.1) is 0 Å². The molecule has 1 atom stereocenters. The van der Waals surface area contributed by atoms with Gasteiger partial charge in [-0.3, -0.25) is 4.79 Å². The minimum atomic E-state index is -0.0130. The molecule has 0 radical (unpaired) electrons. The lowest BCUT2D eigenvalue weighted by Gasteiger charge is -2.10. The van der Waals surface area contributed by atoms with Crippen LogP contribution in [0, 0.1) is 13.8 Å². The topological polar surface area (TPSA) is 44.1 Å². The quantitative estimate of drug-likeness (QED) is 0.566. The van der Waals surface area contributed by atoms with Crippen LogP contribution in [0.1, 0.15) is 60.8 Å². The average Bonchev–Trinajstić information content (AvgIpc) is 2.87. The highest BCUT2D eigenvalue weighted by molar-refractivity contribution is 6.35. The zero-order chi connectivity index (χ0) is 18.6. The van der Waals surface area contributed by atoms with E-state index in [0.29, 0.717) is 41.2 Å². The number of hydrogen-bond donors (Lipinski definition) is 0. The molecule has 0 spiro atoms. The molecule has 2 aromatic rings. The summed E-state index contributed by atoms with van der Waals surface area (Å²) in [7, 11) is 0. The van der Waals surface area contributed by atoms with Gasteiger partial charge in [-0.1, -0.05) is 37.0 Å². The Kier molecular flexibility index (Phi) is 6.91. The standard InChI is InChI=1S/C19H24Cl2N2O2/c1-5-12(2)19-13(3)22-23(14(19)4)18(24)7-6-10-25-17-9-8-15(20)11-16(17)21/h8-9,11-12H,5-7,10H2,1-4H3. The molecule has 0 aliphatic heterocycles. The van der Waals surface area contributed by atoms with Crippen molar-refractivity contribution in [1.82, 2.24) is 9.78 Å². The maximum absolute atomic E-state index is 12.5. The average molecular weight is 383 g/mol. The first kappa shape index (κ1) is 19.8. The maximum Gasteiger partial charge on any atom is 0.247 e. The van der Waals surface area contributed by atoms with Crippen molar-refractivity contribution in [1.29, 1.82) is 0 Å². The van der Waals surface area contributed by atoms with Gasteiger partial charge in [-0.25, -0.2) is 4.68 Å². The zero-order valence-electron chi connectivity index (χ0n) is 15.1. The summed E-state index contributed by atoms with van der Waals surface area (Å²) in [6.45, 7) is 8.63. The van der Waals surface area contributed by atoms with Crippen molar-refractivity contribution < 1.29 is 9.53 Å². The number of aromatic nitrogens is 2. The summed E-state index contributed by atoms with van der Waals surface area (Å²) >= 11 is 11.9. The Morgan fingerprint density at radius 2 is 2.04 bits per heavy atom. The van der Waals surface area contributed by atoms with Crippen molar-refractivity contribution in [3.8, 4) is 5.75 Å². The third-order valence-electron chi connectivity index (χ3n) is 4.38. The number of rotatable bonds is 7. The normalized spacial score (nSPS) is 12.2. The smallest absolute Gasteiger partial charge is 0.247 e. The molecule has 1 heterocycles. The molecule has 0 N–H and O–H groups in total. The van der Waals surface area contributed by atoms with Crippen molar-refractivity contribution in [2.45, 2.75) is 52.9 Å². The summed E-state index contributed by atoms with van der Waals surface area (Å²) < 4.78 is 7.15.